The monoisotopic (exact) mass is 365 g/mol. The van der Waals surface area contributed by atoms with Crippen molar-refractivity contribution in [3.8, 4) is 17.2 Å². The Bertz CT molecular complexity index is 865. The van der Waals surface area contributed by atoms with Gasteiger partial charge in [-0.1, -0.05) is 0 Å². The standard InChI is InChI=1S/C17H19NO6S/c1-2-22-15-5-3-13(9-12(15)11-19)18-25(20,21)14-4-6-16-17(10-14)24-8-7-23-16/h3-6,9-10,18-19H,2,7-8,11H2,1H3. The van der Waals surface area contributed by atoms with E-state index in [0.717, 1.165) is 0 Å². The van der Waals surface area contributed by atoms with E-state index in [4.69, 9.17) is 14.2 Å². The second-order valence-electron chi connectivity index (χ2n) is 5.32. The second kappa shape index (κ2) is 7.20. The van der Waals surface area contributed by atoms with Gasteiger partial charge in [-0.2, -0.15) is 0 Å². The summed E-state index contributed by atoms with van der Waals surface area (Å²) >= 11 is 0. The molecule has 1 aliphatic heterocycles. The normalized spacial score (nSPS) is 13.4. The van der Waals surface area contributed by atoms with Crippen molar-refractivity contribution in [2.75, 3.05) is 24.5 Å². The molecule has 3 rings (SSSR count). The lowest BCUT2D eigenvalue weighted by atomic mass is 10.2. The van der Waals surface area contributed by atoms with Crippen LogP contribution in [0.3, 0.4) is 0 Å². The summed E-state index contributed by atoms with van der Waals surface area (Å²) in [6.07, 6.45) is 0. The zero-order valence-electron chi connectivity index (χ0n) is 13.7. The topological polar surface area (TPSA) is 94.1 Å². The summed E-state index contributed by atoms with van der Waals surface area (Å²) in [5.41, 5.74) is 0.839. The van der Waals surface area contributed by atoms with Gasteiger partial charge in [0.25, 0.3) is 10.0 Å². The highest BCUT2D eigenvalue weighted by atomic mass is 32.2. The zero-order chi connectivity index (χ0) is 17.9. The molecular formula is C17H19NO6S. The molecule has 0 spiro atoms. The van der Waals surface area contributed by atoms with Crippen molar-refractivity contribution < 1.29 is 27.7 Å². The lowest BCUT2D eigenvalue weighted by Gasteiger charge is -2.19. The molecule has 1 heterocycles. The third-order valence-corrected chi connectivity index (χ3v) is 4.99. The van der Waals surface area contributed by atoms with Gasteiger partial charge in [0.1, 0.15) is 19.0 Å². The van der Waals surface area contributed by atoms with Gasteiger partial charge in [0.05, 0.1) is 18.1 Å². The van der Waals surface area contributed by atoms with Gasteiger partial charge in [-0.05, 0) is 37.3 Å². The van der Waals surface area contributed by atoms with Crippen LogP contribution in [-0.2, 0) is 16.6 Å². The van der Waals surface area contributed by atoms with E-state index >= 15 is 0 Å². The average molecular weight is 365 g/mol. The number of sulfonamides is 1. The maximum atomic E-state index is 12.6. The number of benzene rings is 2. The van der Waals surface area contributed by atoms with Crippen LogP contribution >= 0.6 is 0 Å². The first-order valence-corrected chi connectivity index (χ1v) is 9.31. The molecule has 2 N–H and O–H groups in total. The molecule has 0 saturated carbocycles. The lowest BCUT2D eigenvalue weighted by Crippen LogP contribution is -2.17. The van der Waals surface area contributed by atoms with Gasteiger partial charge in [0.2, 0.25) is 0 Å². The summed E-state index contributed by atoms with van der Waals surface area (Å²) in [7, 11) is -3.80. The van der Waals surface area contributed by atoms with Gasteiger partial charge in [-0.15, -0.1) is 0 Å². The maximum absolute atomic E-state index is 12.6. The number of hydrogen-bond acceptors (Lipinski definition) is 6. The van der Waals surface area contributed by atoms with Crippen LogP contribution in [-0.4, -0.2) is 33.3 Å². The van der Waals surface area contributed by atoms with Crippen LogP contribution < -0.4 is 18.9 Å². The molecule has 2 aromatic carbocycles. The largest absolute Gasteiger partial charge is 0.494 e. The van der Waals surface area contributed by atoms with Crippen molar-refractivity contribution in [1.82, 2.24) is 0 Å². The van der Waals surface area contributed by atoms with E-state index < -0.39 is 10.0 Å². The Kier molecular flexibility index (Phi) is 5.00. The smallest absolute Gasteiger partial charge is 0.262 e. The molecule has 25 heavy (non-hydrogen) atoms. The predicted molar refractivity (Wildman–Crippen MR) is 91.8 cm³/mol. The fraction of sp³-hybridized carbons (Fsp3) is 0.294. The fourth-order valence-electron chi connectivity index (χ4n) is 2.47. The molecule has 0 fully saturated rings. The van der Waals surface area contributed by atoms with Crippen LogP contribution in [0.5, 0.6) is 17.2 Å². The van der Waals surface area contributed by atoms with E-state index in [-0.39, 0.29) is 11.5 Å². The quantitative estimate of drug-likeness (QED) is 0.815. The number of hydrogen-bond donors (Lipinski definition) is 2. The Morgan fingerprint density at radius 2 is 1.88 bits per heavy atom. The van der Waals surface area contributed by atoms with E-state index in [0.29, 0.717) is 48.3 Å². The van der Waals surface area contributed by atoms with Crippen LogP contribution in [0.2, 0.25) is 0 Å². The number of aliphatic hydroxyl groups is 1. The molecule has 134 valence electrons. The van der Waals surface area contributed by atoms with Crippen molar-refractivity contribution in [3.05, 3.63) is 42.0 Å². The third kappa shape index (κ3) is 3.80. The van der Waals surface area contributed by atoms with Crippen molar-refractivity contribution in [3.63, 3.8) is 0 Å². The summed E-state index contributed by atoms with van der Waals surface area (Å²) in [4.78, 5) is 0.0659. The minimum Gasteiger partial charge on any atom is -0.494 e. The van der Waals surface area contributed by atoms with Gasteiger partial charge < -0.3 is 19.3 Å². The Balaban J connectivity index is 1.86. The third-order valence-electron chi connectivity index (χ3n) is 3.61. The average Bonchev–Trinajstić information content (AvgIpc) is 2.62. The molecule has 0 atom stereocenters. The highest BCUT2D eigenvalue weighted by molar-refractivity contribution is 7.92. The number of rotatable bonds is 6. The molecule has 0 saturated heterocycles. The van der Waals surface area contributed by atoms with Crippen molar-refractivity contribution >= 4 is 15.7 Å². The highest BCUT2D eigenvalue weighted by Gasteiger charge is 2.20. The molecule has 1 aliphatic rings. The van der Waals surface area contributed by atoms with E-state index in [1.165, 1.54) is 12.1 Å². The van der Waals surface area contributed by atoms with E-state index in [1.807, 2.05) is 6.92 Å². The number of aliphatic hydroxyl groups excluding tert-OH is 1. The Hall–Kier alpha value is -2.45. The van der Waals surface area contributed by atoms with E-state index in [9.17, 15) is 13.5 Å². The van der Waals surface area contributed by atoms with Crippen molar-refractivity contribution in [2.24, 2.45) is 0 Å². The lowest BCUT2D eigenvalue weighted by molar-refractivity contribution is 0.171. The molecule has 7 nitrogen and oxygen atoms in total. The Morgan fingerprint density at radius 3 is 2.60 bits per heavy atom. The van der Waals surface area contributed by atoms with Crippen LogP contribution in [0.4, 0.5) is 5.69 Å². The zero-order valence-corrected chi connectivity index (χ0v) is 14.5. The van der Waals surface area contributed by atoms with E-state index in [2.05, 4.69) is 4.72 Å². The molecule has 0 aliphatic carbocycles. The number of nitrogens with one attached hydrogen (secondary N) is 1. The predicted octanol–water partition coefficient (Wildman–Crippen LogP) is 2.15. The summed E-state index contributed by atoms with van der Waals surface area (Å²) in [5.74, 6) is 1.44. The summed E-state index contributed by atoms with van der Waals surface area (Å²) in [5, 5.41) is 9.43. The first-order valence-electron chi connectivity index (χ1n) is 7.82. The first kappa shape index (κ1) is 17.4. The fourth-order valence-corrected chi connectivity index (χ4v) is 3.53. The van der Waals surface area contributed by atoms with Gasteiger partial charge >= 0.3 is 0 Å². The number of ether oxygens (including phenoxy) is 3. The van der Waals surface area contributed by atoms with Gasteiger partial charge in [-0.3, -0.25) is 4.72 Å². The highest BCUT2D eigenvalue weighted by Crippen LogP contribution is 2.33. The number of anilines is 1. The molecule has 2 aromatic rings. The first-order chi connectivity index (χ1) is 12.0. The van der Waals surface area contributed by atoms with Crippen LogP contribution in [0, 0.1) is 0 Å². The Labute approximate surface area is 146 Å². The second-order valence-corrected chi connectivity index (χ2v) is 7.01. The molecule has 0 aromatic heterocycles. The minimum absolute atomic E-state index is 0.0659. The molecular weight excluding hydrogens is 346 g/mol. The number of fused-ring (bicyclic) bond motifs is 1. The van der Waals surface area contributed by atoms with Crippen molar-refractivity contribution in [1.29, 1.82) is 0 Å². The summed E-state index contributed by atoms with van der Waals surface area (Å²) in [6, 6.07) is 9.20. The van der Waals surface area contributed by atoms with E-state index in [1.54, 1.807) is 24.3 Å². The SMILES string of the molecule is CCOc1ccc(NS(=O)(=O)c2ccc3c(c2)OCCO3)cc1CO. The van der Waals surface area contributed by atoms with Crippen LogP contribution in [0.1, 0.15) is 12.5 Å². The molecule has 0 radical (unpaired) electrons. The maximum Gasteiger partial charge on any atom is 0.262 e. The summed E-state index contributed by atoms with van der Waals surface area (Å²) < 4.78 is 43.9. The molecule has 0 bridgehead atoms. The van der Waals surface area contributed by atoms with Crippen LogP contribution in [0.15, 0.2) is 41.3 Å². The summed E-state index contributed by atoms with van der Waals surface area (Å²) in [6.45, 7) is 2.85. The van der Waals surface area contributed by atoms with Crippen LogP contribution in [0.25, 0.3) is 0 Å². The Morgan fingerprint density at radius 1 is 1.12 bits per heavy atom. The van der Waals surface area contributed by atoms with Gasteiger partial charge in [0, 0.05) is 17.3 Å². The molecule has 0 amide bonds. The van der Waals surface area contributed by atoms with Gasteiger partial charge in [-0.25, -0.2) is 8.42 Å². The van der Waals surface area contributed by atoms with Gasteiger partial charge in [0.15, 0.2) is 11.5 Å². The molecule has 8 heteroatoms. The van der Waals surface area contributed by atoms with Crippen molar-refractivity contribution in [2.45, 2.75) is 18.4 Å². The minimum atomic E-state index is -3.80. The molecule has 0 unspecified atom stereocenters.